The molecule has 0 amide bonds. The Labute approximate surface area is 243 Å². The average molecular weight is 538 g/mol. The molecule has 0 N–H and O–H groups in total. The van der Waals surface area contributed by atoms with Gasteiger partial charge in [-0.15, -0.1) is 0 Å². The quantitative estimate of drug-likeness (QED) is 0.126. The predicted molar refractivity (Wildman–Crippen MR) is 176 cm³/mol. The van der Waals surface area contributed by atoms with Crippen molar-refractivity contribution in [3.63, 3.8) is 0 Å². The van der Waals surface area contributed by atoms with Gasteiger partial charge in [-0.1, -0.05) is 121 Å². The van der Waals surface area contributed by atoms with E-state index in [1.165, 1.54) is 60.9 Å². The minimum absolute atomic E-state index is 0.122. The van der Waals surface area contributed by atoms with Crippen LogP contribution in [0.4, 0.5) is 17.1 Å². The lowest BCUT2D eigenvalue weighted by Crippen LogP contribution is -2.60. The number of rotatable bonds is 2. The van der Waals surface area contributed by atoms with Crippen molar-refractivity contribution in [3.8, 4) is 16.8 Å². The Morgan fingerprint density at radius 1 is 0.463 bits per heavy atom. The van der Waals surface area contributed by atoms with Crippen LogP contribution in [-0.2, 0) is 0 Å². The fraction of sp³-hybridized carbons (Fsp3) is 0. The molecule has 0 saturated heterocycles. The number of para-hydroxylation sites is 2. The van der Waals surface area contributed by atoms with Crippen LogP contribution < -0.4 is 21.3 Å². The second-order valence-corrected chi connectivity index (χ2v) is 11.3. The monoisotopic (exact) mass is 538 g/mol. The van der Waals surface area contributed by atoms with Crippen LogP contribution in [0.25, 0.3) is 38.5 Å². The Morgan fingerprint density at radius 2 is 1.07 bits per heavy atom. The van der Waals surface area contributed by atoms with Crippen LogP contribution in [0, 0.1) is 4.64 Å². The maximum atomic E-state index is 6.24. The van der Waals surface area contributed by atoms with Gasteiger partial charge in [-0.2, -0.15) is 0 Å². The summed E-state index contributed by atoms with van der Waals surface area (Å²) in [4.78, 5) is 2.44. The zero-order valence-electron chi connectivity index (χ0n) is 22.2. The van der Waals surface area contributed by atoms with E-state index in [9.17, 15) is 0 Å². The van der Waals surface area contributed by atoms with Crippen molar-refractivity contribution in [2.24, 2.45) is 0 Å². The van der Waals surface area contributed by atoms with Gasteiger partial charge in [-0.25, -0.2) is 0 Å². The molecule has 0 radical (unpaired) electrons. The van der Waals surface area contributed by atoms with E-state index in [0.717, 1.165) is 15.7 Å². The highest BCUT2D eigenvalue weighted by molar-refractivity contribution is 7.71. The van der Waals surface area contributed by atoms with Gasteiger partial charge in [0.2, 0.25) is 0 Å². The molecule has 4 heteroatoms. The normalized spacial score (nSPS) is 12.9. The average Bonchev–Trinajstić information content (AvgIpc) is 3.05. The van der Waals surface area contributed by atoms with Crippen LogP contribution in [0.15, 0.2) is 140 Å². The Morgan fingerprint density at radius 3 is 1.85 bits per heavy atom. The number of nitrogens with zero attached hydrogens (tertiary/aromatic N) is 2. The first-order valence-corrected chi connectivity index (χ1v) is 14.4. The van der Waals surface area contributed by atoms with E-state index in [-0.39, 0.29) is 6.71 Å². The summed E-state index contributed by atoms with van der Waals surface area (Å²) in [5, 5.41) is 3.57. The molecule has 2 aliphatic rings. The van der Waals surface area contributed by atoms with Gasteiger partial charge in [-0.05, 0) is 63.2 Å². The molecule has 9 rings (SSSR count). The fourth-order valence-corrected chi connectivity index (χ4v) is 7.45. The van der Waals surface area contributed by atoms with Crippen LogP contribution >= 0.6 is 12.2 Å². The zero-order valence-corrected chi connectivity index (χ0v) is 23.0. The van der Waals surface area contributed by atoms with E-state index >= 15 is 0 Å². The SMILES string of the molecule is S=c1c2ccccc2c2ccc3c4c2n1-c1ccccc1B4c1ccccc1N3c1ccc(-c2ccccc2)cc1. The molecule has 41 heavy (non-hydrogen) atoms. The zero-order chi connectivity index (χ0) is 27.1. The molecule has 1 aromatic heterocycles. The molecule has 3 heterocycles. The molecule has 0 saturated carbocycles. The lowest BCUT2D eigenvalue weighted by Gasteiger charge is -2.40. The van der Waals surface area contributed by atoms with Crippen molar-refractivity contribution in [2.45, 2.75) is 0 Å². The van der Waals surface area contributed by atoms with Crippen molar-refractivity contribution in [2.75, 3.05) is 4.90 Å². The first-order chi connectivity index (χ1) is 20.3. The summed E-state index contributed by atoms with van der Waals surface area (Å²) in [6.45, 7) is 0.122. The maximum Gasteiger partial charge on any atom is 0.252 e. The van der Waals surface area contributed by atoms with Crippen LogP contribution in [0.5, 0.6) is 0 Å². The number of hydrogen-bond donors (Lipinski definition) is 0. The summed E-state index contributed by atoms with van der Waals surface area (Å²) in [7, 11) is 0. The van der Waals surface area contributed by atoms with E-state index in [1.807, 2.05) is 0 Å². The molecule has 0 aliphatic carbocycles. The first-order valence-electron chi connectivity index (χ1n) is 14.0. The molecule has 6 aromatic carbocycles. The second kappa shape index (κ2) is 8.54. The van der Waals surface area contributed by atoms with Gasteiger partial charge in [-0.3, -0.25) is 0 Å². The highest BCUT2D eigenvalue weighted by Crippen LogP contribution is 2.41. The Balaban J connectivity index is 1.39. The highest BCUT2D eigenvalue weighted by atomic mass is 32.1. The third kappa shape index (κ3) is 3.11. The van der Waals surface area contributed by atoms with E-state index in [2.05, 4.69) is 149 Å². The van der Waals surface area contributed by atoms with Gasteiger partial charge in [0.05, 0.1) is 5.52 Å². The molecule has 0 spiro atoms. The van der Waals surface area contributed by atoms with E-state index < -0.39 is 0 Å². The molecule has 0 unspecified atom stereocenters. The first kappa shape index (κ1) is 22.8. The van der Waals surface area contributed by atoms with Crippen molar-refractivity contribution >= 4 is 74.1 Å². The van der Waals surface area contributed by atoms with E-state index in [0.29, 0.717) is 0 Å². The lowest BCUT2D eigenvalue weighted by atomic mass is 9.33. The molecular formula is C37H23BN2S. The number of benzene rings is 6. The van der Waals surface area contributed by atoms with Gasteiger partial charge < -0.3 is 9.47 Å². The predicted octanol–water partition coefficient (Wildman–Crippen LogP) is 7.79. The molecule has 2 aliphatic heterocycles. The van der Waals surface area contributed by atoms with Gasteiger partial charge in [0.25, 0.3) is 6.71 Å². The number of anilines is 3. The third-order valence-electron chi connectivity index (χ3n) is 8.81. The summed E-state index contributed by atoms with van der Waals surface area (Å²) < 4.78 is 3.20. The fourth-order valence-electron chi connectivity index (χ4n) is 7.08. The standard InChI is InChI=1S/C37H23BN2S/c41-37-29-13-5-4-12-27(29)28-22-23-34-35-36(28)40(37)33-17-9-7-15-31(33)38(35)30-14-6-8-16-32(30)39(34)26-20-18-25(19-21-26)24-10-2-1-3-11-24/h1-23H. The number of fused-ring (bicyclic) bond motifs is 7. The second-order valence-electron chi connectivity index (χ2n) is 10.9. The molecule has 0 atom stereocenters. The van der Waals surface area contributed by atoms with Gasteiger partial charge in [0.1, 0.15) is 4.64 Å². The van der Waals surface area contributed by atoms with Crippen LogP contribution in [0.3, 0.4) is 0 Å². The summed E-state index contributed by atoms with van der Waals surface area (Å²) >= 11 is 6.24. The van der Waals surface area contributed by atoms with Gasteiger partial charge >= 0.3 is 0 Å². The van der Waals surface area contributed by atoms with Gasteiger partial charge in [0, 0.05) is 33.5 Å². The van der Waals surface area contributed by atoms with Crippen molar-refractivity contribution < 1.29 is 0 Å². The molecule has 190 valence electrons. The Bertz CT molecular complexity index is 2240. The maximum absolute atomic E-state index is 6.24. The molecule has 0 fully saturated rings. The minimum Gasteiger partial charge on any atom is -0.311 e. The Kier molecular flexibility index (Phi) is 4.76. The smallest absolute Gasteiger partial charge is 0.252 e. The lowest BCUT2D eigenvalue weighted by molar-refractivity contribution is 1.10. The summed E-state index contributed by atoms with van der Waals surface area (Å²) in [5.74, 6) is 0. The Hall–Kier alpha value is -4.93. The van der Waals surface area contributed by atoms with Crippen LogP contribution in [0.1, 0.15) is 0 Å². The number of pyridine rings is 1. The number of hydrogen-bond acceptors (Lipinski definition) is 2. The molecule has 7 aromatic rings. The van der Waals surface area contributed by atoms with Crippen molar-refractivity contribution in [3.05, 3.63) is 144 Å². The van der Waals surface area contributed by atoms with Gasteiger partial charge in [0.15, 0.2) is 0 Å². The minimum atomic E-state index is 0.122. The largest absolute Gasteiger partial charge is 0.311 e. The highest BCUT2D eigenvalue weighted by Gasteiger charge is 2.41. The molecular weight excluding hydrogens is 515 g/mol. The van der Waals surface area contributed by atoms with Crippen molar-refractivity contribution in [1.29, 1.82) is 0 Å². The summed E-state index contributed by atoms with van der Waals surface area (Å²) in [6, 6.07) is 50.4. The summed E-state index contributed by atoms with van der Waals surface area (Å²) in [5.41, 5.74) is 12.4. The van der Waals surface area contributed by atoms with Crippen molar-refractivity contribution in [1.82, 2.24) is 4.57 Å². The van der Waals surface area contributed by atoms with Crippen LogP contribution in [0.2, 0.25) is 0 Å². The molecule has 2 nitrogen and oxygen atoms in total. The van der Waals surface area contributed by atoms with Crippen LogP contribution in [-0.4, -0.2) is 11.3 Å². The third-order valence-corrected chi connectivity index (χ3v) is 9.21. The van der Waals surface area contributed by atoms with E-state index in [4.69, 9.17) is 12.2 Å². The molecule has 0 bridgehead atoms. The topological polar surface area (TPSA) is 8.17 Å². The summed E-state index contributed by atoms with van der Waals surface area (Å²) in [6.07, 6.45) is 0. The number of aromatic nitrogens is 1. The van der Waals surface area contributed by atoms with E-state index in [1.54, 1.807) is 0 Å².